The minimum atomic E-state index is -0.105. The average molecular weight is 635 g/mol. The number of carbonyl (C=O) groups is 2. The Morgan fingerprint density at radius 3 is 2.55 bits per heavy atom. The molecule has 1 N–H and O–H groups in total. The van der Waals surface area contributed by atoms with Crippen molar-refractivity contribution in [3.05, 3.63) is 84.8 Å². The Hall–Kier alpha value is -5.07. The fourth-order valence-corrected chi connectivity index (χ4v) is 6.50. The number of carbonyl (C=O) groups excluding carboxylic acids is 2. The third kappa shape index (κ3) is 6.74. The summed E-state index contributed by atoms with van der Waals surface area (Å²) in [4.78, 5) is 44.2. The number of piperazine rings is 1. The van der Waals surface area contributed by atoms with Crippen LogP contribution < -0.4 is 20.0 Å². The van der Waals surface area contributed by atoms with Crippen molar-refractivity contribution in [3.63, 3.8) is 0 Å². The molecule has 2 aromatic carbocycles. The molecule has 12 nitrogen and oxygen atoms in total. The van der Waals surface area contributed by atoms with Crippen LogP contribution in [0.1, 0.15) is 23.6 Å². The molecular formula is C35H42N10O2. The van der Waals surface area contributed by atoms with Crippen LogP contribution in [-0.4, -0.2) is 95.7 Å². The molecule has 0 saturated carbocycles. The van der Waals surface area contributed by atoms with Gasteiger partial charge in [-0.2, -0.15) is 10.1 Å². The van der Waals surface area contributed by atoms with E-state index in [1.807, 2.05) is 55.4 Å². The molecule has 1 saturated heterocycles. The molecule has 0 spiro atoms. The van der Waals surface area contributed by atoms with Crippen molar-refractivity contribution in [2.45, 2.75) is 19.0 Å². The van der Waals surface area contributed by atoms with E-state index in [-0.39, 0.29) is 11.9 Å². The first-order valence-electron chi connectivity index (χ1n) is 15.9. The van der Waals surface area contributed by atoms with Crippen LogP contribution in [0, 0.1) is 0 Å². The first-order valence-corrected chi connectivity index (χ1v) is 15.9. The Labute approximate surface area is 275 Å². The first kappa shape index (κ1) is 31.9. The number of hydrogen-bond donors (Lipinski definition) is 1. The molecule has 47 heavy (non-hydrogen) atoms. The summed E-state index contributed by atoms with van der Waals surface area (Å²) in [6, 6.07) is 14.3. The van der Waals surface area contributed by atoms with Gasteiger partial charge in [-0.25, -0.2) is 4.98 Å². The number of hydrogen-bond acceptors (Lipinski definition) is 9. The van der Waals surface area contributed by atoms with Gasteiger partial charge in [-0.15, -0.1) is 0 Å². The van der Waals surface area contributed by atoms with E-state index in [0.717, 1.165) is 72.6 Å². The van der Waals surface area contributed by atoms with Crippen molar-refractivity contribution in [1.29, 1.82) is 0 Å². The van der Waals surface area contributed by atoms with Crippen LogP contribution in [0.4, 0.5) is 28.8 Å². The molecule has 2 aromatic heterocycles. The van der Waals surface area contributed by atoms with Gasteiger partial charge in [0.15, 0.2) is 0 Å². The number of fused-ring (bicyclic) bond motifs is 1. The maximum atomic E-state index is 12.5. The Morgan fingerprint density at radius 1 is 1.04 bits per heavy atom. The van der Waals surface area contributed by atoms with Gasteiger partial charge in [-0.1, -0.05) is 24.8 Å². The lowest BCUT2D eigenvalue weighted by Crippen LogP contribution is -2.44. The maximum Gasteiger partial charge on any atom is 0.250 e. The molecule has 1 unspecified atom stereocenters. The van der Waals surface area contributed by atoms with E-state index in [0.29, 0.717) is 24.9 Å². The highest BCUT2D eigenvalue weighted by atomic mass is 16.2. The molecule has 1 fully saturated rings. The van der Waals surface area contributed by atoms with Crippen molar-refractivity contribution < 1.29 is 9.59 Å². The predicted molar refractivity (Wildman–Crippen MR) is 186 cm³/mol. The van der Waals surface area contributed by atoms with Crippen molar-refractivity contribution in [3.8, 4) is 11.1 Å². The van der Waals surface area contributed by atoms with Crippen molar-refractivity contribution >= 4 is 41.1 Å². The second-order valence-corrected chi connectivity index (χ2v) is 12.3. The average Bonchev–Trinajstić information content (AvgIpc) is 3.54. The molecule has 0 radical (unpaired) electrons. The van der Waals surface area contributed by atoms with E-state index in [2.05, 4.69) is 61.9 Å². The van der Waals surface area contributed by atoms with Gasteiger partial charge in [0, 0.05) is 106 Å². The highest BCUT2D eigenvalue weighted by Crippen LogP contribution is 2.38. The maximum absolute atomic E-state index is 12.5. The number of aromatic nitrogens is 4. The predicted octanol–water partition coefficient (Wildman–Crippen LogP) is 4.06. The van der Waals surface area contributed by atoms with Crippen LogP contribution >= 0.6 is 0 Å². The molecule has 4 heterocycles. The fourth-order valence-electron chi connectivity index (χ4n) is 6.50. The summed E-state index contributed by atoms with van der Waals surface area (Å²) in [6.45, 7) is 8.69. The van der Waals surface area contributed by atoms with Gasteiger partial charge < -0.3 is 24.9 Å². The number of aryl methyl sites for hydroxylation is 1. The molecular weight excluding hydrogens is 592 g/mol. The van der Waals surface area contributed by atoms with Crippen LogP contribution in [0.15, 0.2) is 73.7 Å². The number of amides is 2. The smallest absolute Gasteiger partial charge is 0.250 e. The Balaban J connectivity index is 1.26. The summed E-state index contributed by atoms with van der Waals surface area (Å²) in [5, 5.41) is 7.80. The van der Waals surface area contributed by atoms with E-state index in [1.54, 1.807) is 18.1 Å². The normalized spacial score (nSPS) is 16.6. The zero-order valence-corrected chi connectivity index (χ0v) is 27.5. The topological polar surface area (TPSA) is 106 Å². The van der Waals surface area contributed by atoms with Gasteiger partial charge in [0.05, 0.1) is 6.20 Å². The third-order valence-electron chi connectivity index (χ3n) is 9.05. The SMILES string of the molecule is C=CC(=O)N1CCC(N(C)Cc2cnc(Nc3ccc(N4CCN(C)CC4)c(-c4cnn(C)c4)c3)nc2N(C)C=O)c2ccccc21. The number of likely N-dealkylation sites (N-methyl/N-ethyl adjacent to an activating group) is 1. The second kappa shape index (κ2) is 13.7. The summed E-state index contributed by atoms with van der Waals surface area (Å²) in [6.07, 6.45) is 8.57. The summed E-state index contributed by atoms with van der Waals surface area (Å²) in [5.41, 5.74) is 6.90. The zero-order chi connectivity index (χ0) is 33.1. The summed E-state index contributed by atoms with van der Waals surface area (Å²) in [7, 11) is 7.82. The monoisotopic (exact) mass is 634 g/mol. The number of anilines is 5. The summed E-state index contributed by atoms with van der Waals surface area (Å²) < 4.78 is 1.81. The van der Waals surface area contributed by atoms with Crippen LogP contribution in [0.2, 0.25) is 0 Å². The molecule has 2 amide bonds. The van der Waals surface area contributed by atoms with E-state index in [4.69, 9.17) is 4.98 Å². The zero-order valence-electron chi connectivity index (χ0n) is 27.5. The molecule has 0 aliphatic carbocycles. The van der Waals surface area contributed by atoms with Gasteiger partial charge >= 0.3 is 0 Å². The van der Waals surface area contributed by atoms with E-state index >= 15 is 0 Å². The summed E-state index contributed by atoms with van der Waals surface area (Å²) in [5.74, 6) is 0.816. The minimum absolute atomic E-state index is 0.0666. The number of nitrogens with zero attached hydrogens (tertiary/aromatic N) is 9. The van der Waals surface area contributed by atoms with E-state index < -0.39 is 0 Å². The Morgan fingerprint density at radius 2 is 1.83 bits per heavy atom. The van der Waals surface area contributed by atoms with Crippen molar-refractivity contribution in [2.24, 2.45) is 7.05 Å². The molecule has 2 aliphatic heterocycles. The molecule has 1 atom stereocenters. The largest absolute Gasteiger partial charge is 0.368 e. The van der Waals surface area contributed by atoms with Gasteiger partial charge in [-0.3, -0.25) is 19.2 Å². The molecule has 6 rings (SSSR count). The highest BCUT2D eigenvalue weighted by Gasteiger charge is 2.30. The lowest BCUT2D eigenvalue weighted by Gasteiger charge is -2.38. The van der Waals surface area contributed by atoms with Gasteiger partial charge in [0.2, 0.25) is 18.3 Å². The standard InChI is InChI=1S/C35H42N10O2/c1-6-33(47)45-14-13-30(28-9-7-8-10-32(28)45)41(3)22-26-20-36-35(39-34(26)42(4)24-46)38-27-11-12-31(44-17-15-40(2)16-18-44)29(19-27)25-21-37-43(5)23-25/h6-12,19-21,23-24,30H,1,13-18,22H2,2-5H3,(H,36,38,39). The molecule has 4 aromatic rings. The number of rotatable bonds is 10. The van der Waals surface area contributed by atoms with Crippen LogP contribution in [0.5, 0.6) is 0 Å². The Kier molecular flexibility index (Phi) is 9.32. The quantitative estimate of drug-likeness (QED) is 0.204. The van der Waals surface area contributed by atoms with Crippen LogP contribution in [0.25, 0.3) is 11.1 Å². The van der Waals surface area contributed by atoms with Crippen molar-refractivity contribution in [1.82, 2.24) is 29.5 Å². The minimum Gasteiger partial charge on any atom is -0.368 e. The van der Waals surface area contributed by atoms with E-state index in [9.17, 15) is 9.59 Å². The van der Waals surface area contributed by atoms with Gasteiger partial charge in [0.25, 0.3) is 0 Å². The number of benzene rings is 2. The van der Waals surface area contributed by atoms with Gasteiger partial charge in [-0.05, 0) is 56.4 Å². The van der Waals surface area contributed by atoms with E-state index in [1.165, 1.54) is 16.7 Å². The number of nitrogens with one attached hydrogen (secondary N) is 1. The van der Waals surface area contributed by atoms with Crippen LogP contribution in [-0.2, 0) is 23.2 Å². The molecule has 2 aliphatic rings. The number of para-hydroxylation sites is 1. The lowest BCUT2D eigenvalue weighted by atomic mass is 9.94. The Bertz CT molecular complexity index is 1760. The molecule has 244 valence electrons. The molecule has 12 heteroatoms. The second-order valence-electron chi connectivity index (χ2n) is 12.3. The van der Waals surface area contributed by atoms with Crippen molar-refractivity contribution in [2.75, 3.05) is 73.9 Å². The first-order chi connectivity index (χ1) is 22.7. The molecule has 0 bridgehead atoms. The fraction of sp³-hybridized carbons (Fsp3) is 0.343. The highest BCUT2D eigenvalue weighted by molar-refractivity contribution is 6.02. The third-order valence-corrected chi connectivity index (χ3v) is 9.05. The van der Waals surface area contributed by atoms with Crippen LogP contribution in [0.3, 0.4) is 0 Å². The van der Waals surface area contributed by atoms with Gasteiger partial charge in [0.1, 0.15) is 5.82 Å². The summed E-state index contributed by atoms with van der Waals surface area (Å²) >= 11 is 0. The lowest BCUT2D eigenvalue weighted by molar-refractivity contribution is -0.114.